The Morgan fingerprint density at radius 2 is 1.97 bits per heavy atom. The zero-order valence-electron chi connectivity index (χ0n) is 20.1. The van der Waals surface area contributed by atoms with Gasteiger partial charge in [-0.1, -0.05) is 41.6 Å². The van der Waals surface area contributed by atoms with Crippen molar-refractivity contribution < 1.29 is 8.95 Å². The number of anilines is 2. The number of piperidine rings is 1. The molecule has 9 nitrogen and oxygen atoms in total. The van der Waals surface area contributed by atoms with Gasteiger partial charge in [0.25, 0.3) is 0 Å². The van der Waals surface area contributed by atoms with E-state index in [1.165, 1.54) is 17.3 Å². The Labute approximate surface area is 222 Å². The van der Waals surface area contributed by atoms with E-state index in [1.807, 2.05) is 32.0 Å². The average Bonchev–Trinajstić information content (AvgIpc) is 3.15. The maximum absolute atomic E-state index is 12.2. The van der Waals surface area contributed by atoms with Gasteiger partial charge in [-0.3, -0.25) is 5.14 Å². The molecule has 1 saturated heterocycles. The highest BCUT2D eigenvalue weighted by Gasteiger charge is 2.52. The SMILES string of the molecule is CC(C)(C[C@@H]1c2ccccc2OC12CCN(c1ncc(Sc3ccnc(N)c3Cl)nn1)CC2)S(N)=O. The zero-order valence-corrected chi connectivity index (χ0v) is 22.4. The number of hydrogen-bond acceptors (Lipinski definition) is 9. The summed E-state index contributed by atoms with van der Waals surface area (Å²) in [5, 5.41) is 15.5. The number of rotatable bonds is 6. The summed E-state index contributed by atoms with van der Waals surface area (Å²) < 4.78 is 18.3. The minimum Gasteiger partial charge on any atom is -0.486 e. The fourth-order valence-electron chi connectivity index (χ4n) is 4.92. The number of ether oxygens (including phenoxy) is 1. The third kappa shape index (κ3) is 4.77. The first-order valence-corrected chi connectivity index (χ1v) is 14.1. The third-order valence-corrected chi connectivity index (χ3v) is 9.72. The predicted molar refractivity (Wildman–Crippen MR) is 143 cm³/mol. The predicted octanol–water partition coefficient (Wildman–Crippen LogP) is 3.96. The van der Waals surface area contributed by atoms with Crippen LogP contribution in [0.1, 0.15) is 44.6 Å². The van der Waals surface area contributed by atoms with E-state index < -0.39 is 15.7 Å². The molecule has 2 atom stereocenters. The second-order valence-corrected chi connectivity index (χ2v) is 12.9. The monoisotopic (exact) mass is 545 g/mol. The first-order chi connectivity index (χ1) is 17.2. The second kappa shape index (κ2) is 9.77. The quantitative estimate of drug-likeness (QED) is 0.472. The number of hydrogen-bond donors (Lipinski definition) is 2. The van der Waals surface area contributed by atoms with E-state index in [0.29, 0.717) is 22.4 Å². The van der Waals surface area contributed by atoms with Crippen molar-refractivity contribution in [2.24, 2.45) is 5.14 Å². The summed E-state index contributed by atoms with van der Waals surface area (Å²) in [6.45, 7) is 5.36. The van der Waals surface area contributed by atoms with E-state index in [4.69, 9.17) is 27.2 Å². The van der Waals surface area contributed by atoms with Gasteiger partial charge < -0.3 is 15.4 Å². The number of benzene rings is 1. The lowest BCUT2D eigenvalue weighted by Gasteiger charge is -2.43. The van der Waals surface area contributed by atoms with Crippen LogP contribution in [0, 0.1) is 0 Å². The first-order valence-electron chi connectivity index (χ1n) is 11.7. The second-order valence-electron chi connectivity index (χ2n) is 9.71. The van der Waals surface area contributed by atoms with Crippen LogP contribution in [0.25, 0.3) is 0 Å². The van der Waals surface area contributed by atoms with Crippen LogP contribution in [0.3, 0.4) is 0 Å². The minimum absolute atomic E-state index is 0.105. The lowest BCUT2D eigenvalue weighted by Crippen LogP contribution is -2.51. The van der Waals surface area contributed by atoms with Crippen LogP contribution in [0.2, 0.25) is 5.02 Å². The van der Waals surface area contributed by atoms with E-state index in [-0.39, 0.29) is 17.3 Å². The summed E-state index contributed by atoms with van der Waals surface area (Å²) in [6.07, 6.45) is 5.54. The highest BCUT2D eigenvalue weighted by molar-refractivity contribution is 7.99. The van der Waals surface area contributed by atoms with Crippen LogP contribution in [0.15, 0.2) is 52.6 Å². The molecule has 3 aromatic rings. The fraction of sp³-hybridized carbons (Fsp3) is 0.417. The number of nitrogen functional groups attached to an aromatic ring is 1. The molecule has 36 heavy (non-hydrogen) atoms. The number of halogens is 1. The van der Waals surface area contributed by atoms with Gasteiger partial charge in [-0.25, -0.2) is 14.2 Å². The molecule has 190 valence electrons. The van der Waals surface area contributed by atoms with Gasteiger partial charge in [0, 0.05) is 48.5 Å². The molecule has 0 bridgehead atoms. The third-order valence-electron chi connectivity index (χ3n) is 7.00. The zero-order chi connectivity index (χ0) is 25.5. The Morgan fingerprint density at radius 3 is 2.67 bits per heavy atom. The van der Waals surface area contributed by atoms with Gasteiger partial charge in [0.05, 0.1) is 27.0 Å². The number of nitrogens with two attached hydrogens (primary N) is 2. The Hall–Kier alpha value is -2.47. The molecule has 0 amide bonds. The lowest BCUT2D eigenvalue weighted by molar-refractivity contribution is 0.0363. The number of nitrogens with zero attached hydrogens (tertiary/aromatic N) is 5. The van der Waals surface area contributed by atoms with E-state index in [0.717, 1.165) is 36.6 Å². The van der Waals surface area contributed by atoms with Gasteiger partial charge in [0.1, 0.15) is 22.2 Å². The molecular formula is C24H28ClN7O2S2. The van der Waals surface area contributed by atoms with Gasteiger partial charge in [-0.2, -0.15) is 0 Å². The normalized spacial score (nSPS) is 19.7. The van der Waals surface area contributed by atoms with Crippen LogP contribution >= 0.6 is 23.4 Å². The maximum atomic E-state index is 12.2. The molecule has 1 unspecified atom stereocenters. The standard InChI is InChI=1S/C24H28ClN7O2S2/c1-23(2,36(27)33)13-16-15-5-3-4-6-17(15)34-24(16)8-11-32(12-9-24)22-29-14-19(30-31-22)35-18-7-10-28-21(26)20(18)25/h3-7,10,14,16H,8-9,11-13,27H2,1-2H3,(H2,26,28)/t16-,36?/m1/s1. The number of pyridine rings is 1. The summed E-state index contributed by atoms with van der Waals surface area (Å²) in [7, 11) is -1.44. The maximum Gasteiger partial charge on any atom is 0.245 e. The van der Waals surface area contributed by atoms with Gasteiger partial charge in [-0.15, -0.1) is 10.2 Å². The highest BCUT2D eigenvalue weighted by Crippen LogP contribution is 2.53. The Kier molecular flexibility index (Phi) is 6.84. The summed E-state index contributed by atoms with van der Waals surface area (Å²) in [5.41, 5.74) is 6.57. The first kappa shape index (κ1) is 25.2. The lowest BCUT2D eigenvalue weighted by atomic mass is 9.74. The molecule has 2 aromatic heterocycles. The molecule has 4 N–H and O–H groups in total. The molecule has 1 aromatic carbocycles. The highest BCUT2D eigenvalue weighted by atomic mass is 35.5. The molecule has 2 aliphatic rings. The number of aromatic nitrogens is 4. The molecule has 1 spiro atoms. The fourth-order valence-corrected chi connectivity index (χ4v) is 6.22. The molecule has 5 rings (SSSR count). The van der Waals surface area contributed by atoms with Crippen molar-refractivity contribution in [1.29, 1.82) is 0 Å². The van der Waals surface area contributed by atoms with Crippen molar-refractivity contribution in [3.8, 4) is 5.75 Å². The molecule has 1 fully saturated rings. The van der Waals surface area contributed by atoms with Crippen molar-refractivity contribution in [3.63, 3.8) is 0 Å². The molecule has 0 radical (unpaired) electrons. The summed E-state index contributed by atoms with van der Waals surface area (Å²) in [4.78, 5) is 11.4. The minimum atomic E-state index is -1.44. The topological polar surface area (TPSA) is 133 Å². The average molecular weight is 546 g/mol. The van der Waals surface area contributed by atoms with Crippen LogP contribution in [0.4, 0.5) is 11.8 Å². The van der Waals surface area contributed by atoms with Crippen LogP contribution < -0.4 is 20.5 Å². The van der Waals surface area contributed by atoms with E-state index in [1.54, 1.807) is 18.5 Å². The molecule has 12 heteroatoms. The van der Waals surface area contributed by atoms with Crippen LogP contribution in [-0.2, 0) is 11.0 Å². The molecule has 2 aliphatic heterocycles. The Balaban J connectivity index is 1.30. The van der Waals surface area contributed by atoms with Crippen molar-refractivity contribution >= 4 is 46.1 Å². The van der Waals surface area contributed by atoms with Gasteiger partial charge in [0.15, 0.2) is 0 Å². The number of fused-ring (bicyclic) bond motifs is 1. The smallest absolute Gasteiger partial charge is 0.245 e. The largest absolute Gasteiger partial charge is 0.486 e. The molecule has 0 saturated carbocycles. The van der Waals surface area contributed by atoms with Crippen LogP contribution in [-0.4, -0.2) is 47.8 Å². The van der Waals surface area contributed by atoms with Gasteiger partial charge >= 0.3 is 0 Å². The summed E-state index contributed by atoms with van der Waals surface area (Å²) >= 11 is 7.58. The van der Waals surface area contributed by atoms with Crippen molar-refractivity contribution in [2.45, 2.75) is 59.3 Å². The van der Waals surface area contributed by atoms with Gasteiger partial charge in [0.2, 0.25) is 5.95 Å². The van der Waals surface area contributed by atoms with E-state index >= 15 is 0 Å². The van der Waals surface area contributed by atoms with Crippen molar-refractivity contribution in [2.75, 3.05) is 23.7 Å². The Morgan fingerprint density at radius 1 is 1.22 bits per heavy atom. The van der Waals surface area contributed by atoms with Crippen molar-refractivity contribution in [1.82, 2.24) is 20.2 Å². The molecule has 0 aliphatic carbocycles. The summed E-state index contributed by atoms with van der Waals surface area (Å²) in [6, 6.07) is 9.93. The van der Waals surface area contributed by atoms with E-state index in [9.17, 15) is 4.21 Å². The van der Waals surface area contributed by atoms with Crippen molar-refractivity contribution in [3.05, 3.63) is 53.3 Å². The van der Waals surface area contributed by atoms with Crippen LogP contribution in [0.5, 0.6) is 5.75 Å². The molecular weight excluding hydrogens is 518 g/mol. The molecule has 4 heterocycles. The van der Waals surface area contributed by atoms with E-state index in [2.05, 4.69) is 31.1 Å². The summed E-state index contributed by atoms with van der Waals surface area (Å²) in [5.74, 6) is 1.86. The van der Waals surface area contributed by atoms with Gasteiger partial charge in [-0.05, 0) is 32.4 Å². The Bertz CT molecular complexity index is 1280. The number of para-hydroxylation sites is 1.